The molecule has 0 unspecified atom stereocenters. The number of fused-ring (bicyclic) bond motifs is 4. The van der Waals surface area contributed by atoms with Gasteiger partial charge in [-0.2, -0.15) is 5.10 Å². The minimum Gasteiger partial charge on any atom is -0.378 e. The minimum absolute atomic E-state index is 0.420. The summed E-state index contributed by atoms with van der Waals surface area (Å²) in [7, 11) is 0. The molecule has 0 aromatic carbocycles. The maximum absolute atomic E-state index is 5.45. The summed E-state index contributed by atoms with van der Waals surface area (Å²) in [5, 5.41) is 4.41. The highest BCUT2D eigenvalue weighted by molar-refractivity contribution is 5.38. The molecule has 2 fully saturated rings. The highest BCUT2D eigenvalue weighted by atomic mass is 16.5. The van der Waals surface area contributed by atoms with Crippen molar-refractivity contribution in [2.24, 2.45) is 0 Å². The maximum atomic E-state index is 5.45. The zero-order valence-corrected chi connectivity index (χ0v) is 15.8. The molecule has 0 radical (unpaired) electrons. The van der Waals surface area contributed by atoms with E-state index in [1.807, 2.05) is 10.9 Å². The highest BCUT2D eigenvalue weighted by Crippen LogP contribution is 2.44. The molecule has 7 nitrogen and oxygen atoms in total. The van der Waals surface area contributed by atoms with Crippen LogP contribution in [0.4, 0.5) is 5.95 Å². The summed E-state index contributed by atoms with van der Waals surface area (Å²) in [6.07, 6.45) is 9.24. The SMILES string of the molecule is C=Cn1ncc(CN2[C@@H]3CC[C@@H]2c2cnc(N4CCOCC4)nc2C3)c1C. The van der Waals surface area contributed by atoms with Crippen molar-refractivity contribution in [3.8, 4) is 0 Å². The first kappa shape index (κ1) is 16.9. The lowest BCUT2D eigenvalue weighted by atomic mass is 9.98. The van der Waals surface area contributed by atoms with Gasteiger partial charge in [-0.3, -0.25) is 4.90 Å². The molecule has 3 aliphatic heterocycles. The van der Waals surface area contributed by atoms with Crippen molar-refractivity contribution in [3.05, 3.63) is 41.5 Å². The van der Waals surface area contributed by atoms with Crippen LogP contribution in [0.2, 0.25) is 0 Å². The van der Waals surface area contributed by atoms with Crippen molar-refractivity contribution < 1.29 is 4.74 Å². The average molecular weight is 366 g/mol. The third-order valence-electron chi connectivity index (χ3n) is 6.28. The minimum atomic E-state index is 0.420. The first-order chi connectivity index (χ1) is 13.2. The number of rotatable bonds is 4. The first-order valence-corrected chi connectivity index (χ1v) is 9.84. The fourth-order valence-electron chi connectivity index (χ4n) is 4.72. The Morgan fingerprint density at radius 3 is 2.89 bits per heavy atom. The van der Waals surface area contributed by atoms with Crippen molar-refractivity contribution in [3.63, 3.8) is 0 Å². The van der Waals surface area contributed by atoms with E-state index in [0.717, 1.165) is 45.2 Å². The van der Waals surface area contributed by atoms with Crippen molar-refractivity contribution in [2.75, 3.05) is 31.2 Å². The van der Waals surface area contributed by atoms with E-state index in [0.29, 0.717) is 12.1 Å². The van der Waals surface area contributed by atoms with Crippen molar-refractivity contribution in [2.45, 2.75) is 44.8 Å². The third-order valence-corrected chi connectivity index (χ3v) is 6.28. The van der Waals surface area contributed by atoms with Crippen molar-refractivity contribution in [1.29, 1.82) is 0 Å². The molecule has 2 atom stereocenters. The van der Waals surface area contributed by atoms with Gasteiger partial charge in [-0.25, -0.2) is 14.6 Å². The Bertz CT molecular complexity index is 856. The quantitative estimate of drug-likeness (QED) is 0.827. The van der Waals surface area contributed by atoms with Gasteiger partial charge in [0.2, 0.25) is 5.95 Å². The number of nitrogens with zero attached hydrogens (tertiary/aromatic N) is 6. The Morgan fingerprint density at radius 1 is 1.26 bits per heavy atom. The Labute approximate surface area is 159 Å². The van der Waals surface area contributed by atoms with Crippen LogP contribution in [0.25, 0.3) is 6.20 Å². The Kier molecular flexibility index (Phi) is 4.21. The molecule has 0 saturated carbocycles. The van der Waals surface area contributed by atoms with E-state index in [1.54, 1.807) is 6.20 Å². The average Bonchev–Trinajstić information content (AvgIpc) is 3.20. The van der Waals surface area contributed by atoms with Gasteiger partial charge in [0.25, 0.3) is 0 Å². The van der Waals surface area contributed by atoms with E-state index < -0.39 is 0 Å². The van der Waals surface area contributed by atoms with Crippen LogP contribution in [0.5, 0.6) is 0 Å². The summed E-state index contributed by atoms with van der Waals surface area (Å²) in [4.78, 5) is 14.5. The smallest absolute Gasteiger partial charge is 0.225 e. The zero-order chi connectivity index (χ0) is 18.4. The van der Waals surface area contributed by atoms with Gasteiger partial charge >= 0.3 is 0 Å². The number of hydrogen-bond acceptors (Lipinski definition) is 6. The van der Waals surface area contributed by atoms with Crippen LogP contribution in [-0.4, -0.2) is 57.0 Å². The van der Waals surface area contributed by atoms with Crippen LogP contribution in [0.15, 0.2) is 19.0 Å². The van der Waals surface area contributed by atoms with E-state index in [2.05, 4.69) is 34.6 Å². The summed E-state index contributed by atoms with van der Waals surface area (Å²) >= 11 is 0. The summed E-state index contributed by atoms with van der Waals surface area (Å²) in [5.41, 5.74) is 5.01. The zero-order valence-electron chi connectivity index (χ0n) is 15.8. The monoisotopic (exact) mass is 366 g/mol. The molecule has 27 heavy (non-hydrogen) atoms. The van der Waals surface area contributed by atoms with Crippen LogP contribution < -0.4 is 4.90 Å². The van der Waals surface area contributed by atoms with Crippen LogP contribution in [0, 0.1) is 6.92 Å². The van der Waals surface area contributed by atoms with Gasteiger partial charge in [0.1, 0.15) is 0 Å². The van der Waals surface area contributed by atoms with Crippen molar-refractivity contribution >= 4 is 12.1 Å². The van der Waals surface area contributed by atoms with E-state index in [9.17, 15) is 0 Å². The Hall–Kier alpha value is -2.25. The molecule has 0 N–H and O–H groups in total. The van der Waals surface area contributed by atoms with Crippen molar-refractivity contribution in [1.82, 2.24) is 24.6 Å². The standard InChI is InChI=1S/C20H26N6O/c1-3-26-14(2)15(11-22-26)13-25-16-4-5-19(25)17-12-21-20(23-18(17)10-16)24-6-8-27-9-7-24/h3,11-12,16,19H,1,4-10,13H2,2H3/t16-,19-/m1/s1. The molecule has 2 bridgehead atoms. The summed E-state index contributed by atoms with van der Waals surface area (Å²) < 4.78 is 7.31. The Balaban J connectivity index is 1.40. The summed E-state index contributed by atoms with van der Waals surface area (Å²) in [6.45, 7) is 10.2. The van der Waals surface area contributed by atoms with Crippen LogP contribution in [0.3, 0.4) is 0 Å². The van der Waals surface area contributed by atoms with E-state index >= 15 is 0 Å². The lowest BCUT2D eigenvalue weighted by Gasteiger charge is -2.36. The van der Waals surface area contributed by atoms with Gasteiger partial charge in [0.15, 0.2) is 0 Å². The van der Waals surface area contributed by atoms with Gasteiger partial charge in [-0.1, -0.05) is 6.58 Å². The van der Waals surface area contributed by atoms with Gasteiger partial charge in [0, 0.05) is 67.4 Å². The first-order valence-electron chi connectivity index (χ1n) is 9.84. The highest BCUT2D eigenvalue weighted by Gasteiger charge is 2.41. The second-order valence-corrected chi connectivity index (χ2v) is 7.68. The van der Waals surface area contributed by atoms with Crippen LogP contribution in [0.1, 0.15) is 41.4 Å². The number of ether oxygens (including phenoxy) is 1. The summed E-state index contributed by atoms with van der Waals surface area (Å²) in [5.74, 6) is 0.869. The molecule has 2 aromatic rings. The van der Waals surface area contributed by atoms with Gasteiger partial charge in [0.05, 0.1) is 25.1 Å². The molecule has 3 aliphatic rings. The second-order valence-electron chi connectivity index (χ2n) is 7.68. The number of hydrogen-bond donors (Lipinski definition) is 0. The largest absolute Gasteiger partial charge is 0.378 e. The second kappa shape index (κ2) is 6.73. The predicted molar refractivity (Wildman–Crippen MR) is 103 cm³/mol. The normalized spacial score (nSPS) is 24.9. The fourth-order valence-corrected chi connectivity index (χ4v) is 4.72. The number of morpholine rings is 1. The lowest BCUT2D eigenvalue weighted by Crippen LogP contribution is -2.40. The fraction of sp³-hybridized carbons (Fsp3) is 0.550. The molecule has 142 valence electrons. The molecule has 0 amide bonds. The van der Waals surface area contributed by atoms with Crippen LogP contribution >= 0.6 is 0 Å². The lowest BCUT2D eigenvalue weighted by molar-refractivity contribution is 0.122. The molecule has 5 rings (SSSR count). The molecule has 0 aliphatic carbocycles. The Morgan fingerprint density at radius 2 is 2.11 bits per heavy atom. The maximum Gasteiger partial charge on any atom is 0.225 e. The van der Waals surface area contributed by atoms with Gasteiger partial charge in [-0.05, 0) is 19.8 Å². The van der Waals surface area contributed by atoms with Gasteiger partial charge < -0.3 is 9.64 Å². The van der Waals surface area contributed by atoms with E-state index in [4.69, 9.17) is 14.7 Å². The predicted octanol–water partition coefficient (Wildman–Crippen LogP) is 2.18. The third kappa shape index (κ3) is 2.85. The van der Waals surface area contributed by atoms with E-state index in [1.165, 1.54) is 35.4 Å². The number of aromatic nitrogens is 4. The number of anilines is 1. The molecular weight excluding hydrogens is 340 g/mol. The summed E-state index contributed by atoms with van der Waals surface area (Å²) in [6, 6.07) is 0.977. The van der Waals surface area contributed by atoms with E-state index in [-0.39, 0.29) is 0 Å². The molecule has 5 heterocycles. The molecule has 2 saturated heterocycles. The van der Waals surface area contributed by atoms with Gasteiger partial charge in [-0.15, -0.1) is 0 Å². The molecule has 2 aromatic heterocycles. The molecular formula is C20H26N6O. The molecule has 7 heteroatoms. The topological polar surface area (TPSA) is 59.3 Å². The molecule has 0 spiro atoms. The van der Waals surface area contributed by atoms with Crippen LogP contribution in [-0.2, 0) is 17.7 Å².